The summed E-state index contributed by atoms with van der Waals surface area (Å²) in [6.07, 6.45) is 7.87. The van der Waals surface area contributed by atoms with E-state index < -0.39 is 0 Å². The minimum Gasteiger partial charge on any atom is -0.376 e. The van der Waals surface area contributed by atoms with Crippen molar-refractivity contribution in [2.24, 2.45) is 5.41 Å². The summed E-state index contributed by atoms with van der Waals surface area (Å²) in [7, 11) is 3.49. The van der Waals surface area contributed by atoms with E-state index in [1.807, 2.05) is 12.1 Å². The second kappa shape index (κ2) is 8.30. The number of hydrogen-bond acceptors (Lipinski definition) is 5. The molecule has 29 heavy (non-hydrogen) atoms. The summed E-state index contributed by atoms with van der Waals surface area (Å²) < 4.78 is 5.76. The molecular weight excluding hydrogens is 368 g/mol. The van der Waals surface area contributed by atoms with Crippen LogP contribution in [0, 0.1) is 5.41 Å². The molecule has 1 atom stereocenters. The molecule has 3 aliphatic heterocycles. The molecule has 0 N–H and O–H groups in total. The monoisotopic (exact) mass is 400 g/mol. The number of nitrogens with zero attached hydrogens (tertiary/aromatic N) is 4. The van der Waals surface area contributed by atoms with Crippen LogP contribution >= 0.6 is 0 Å². The summed E-state index contributed by atoms with van der Waals surface area (Å²) >= 11 is 0. The molecule has 7 nitrogen and oxygen atoms in total. The van der Waals surface area contributed by atoms with Crippen LogP contribution in [0.5, 0.6) is 0 Å². The molecule has 0 aromatic carbocycles. The van der Waals surface area contributed by atoms with Gasteiger partial charge < -0.3 is 19.4 Å². The second-order valence-corrected chi connectivity index (χ2v) is 9.00. The van der Waals surface area contributed by atoms with Crippen LogP contribution in [0.25, 0.3) is 0 Å². The van der Waals surface area contributed by atoms with Gasteiger partial charge in [-0.05, 0) is 49.7 Å². The second-order valence-electron chi connectivity index (χ2n) is 9.00. The van der Waals surface area contributed by atoms with Crippen molar-refractivity contribution < 1.29 is 14.3 Å². The Morgan fingerprint density at radius 2 is 2.07 bits per heavy atom. The van der Waals surface area contributed by atoms with Crippen molar-refractivity contribution in [3.05, 3.63) is 23.9 Å². The minimum atomic E-state index is -0.0279. The van der Waals surface area contributed by atoms with E-state index in [1.54, 1.807) is 25.2 Å². The maximum absolute atomic E-state index is 12.4. The van der Waals surface area contributed by atoms with E-state index in [1.165, 1.54) is 0 Å². The van der Waals surface area contributed by atoms with Crippen molar-refractivity contribution in [2.75, 3.05) is 51.8 Å². The molecule has 3 fully saturated rings. The molecule has 3 saturated heterocycles. The van der Waals surface area contributed by atoms with Crippen molar-refractivity contribution in [3.63, 3.8) is 0 Å². The SMILES string of the molecule is CN(C)C(=O)c1ccc(N2CCC3(CCC(=O)N(C[C@@H]4CCCO4)C3)CC2)nc1. The van der Waals surface area contributed by atoms with Gasteiger partial charge in [-0.25, -0.2) is 4.98 Å². The highest BCUT2D eigenvalue weighted by Gasteiger charge is 2.41. The highest BCUT2D eigenvalue weighted by atomic mass is 16.5. The lowest BCUT2D eigenvalue weighted by molar-refractivity contribution is -0.140. The predicted octanol–water partition coefficient (Wildman–Crippen LogP) is 2.17. The van der Waals surface area contributed by atoms with Crippen LogP contribution < -0.4 is 4.90 Å². The lowest BCUT2D eigenvalue weighted by Crippen LogP contribution is -2.53. The average molecular weight is 401 g/mol. The first-order chi connectivity index (χ1) is 14.0. The zero-order valence-electron chi connectivity index (χ0n) is 17.6. The van der Waals surface area contributed by atoms with Gasteiger partial charge in [0.25, 0.3) is 5.91 Å². The normalized spacial score (nSPS) is 24.2. The van der Waals surface area contributed by atoms with Crippen LogP contribution in [0.3, 0.4) is 0 Å². The van der Waals surface area contributed by atoms with Gasteiger partial charge in [0.1, 0.15) is 5.82 Å². The van der Waals surface area contributed by atoms with Gasteiger partial charge in [0.15, 0.2) is 0 Å². The summed E-state index contributed by atoms with van der Waals surface area (Å²) in [5, 5.41) is 0. The third kappa shape index (κ3) is 4.39. The molecule has 0 unspecified atom stereocenters. The molecule has 1 aromatic heterocycles. The van der Waals surface area contributed by atoms with E-state index in [-0.39, 0.29) is 23.3 Å². The fraction of sp³-hybridized carbons (Fsp3) is 0.682. The number of pyridine rings is 1. The quantitative estimate of drug-likeness (QED) is 0.775. The first-order valence-electron chi connectivity index (χ1n) is 10.8. The van der Waals surface area contributed by atoms with Crippen LogP contribution in [0.15, 0.2) is 18.3 Å². The van der Waals surface area contributed by atoms with Crippen molar-refractivity contribution in [3.8, 4) is 0 Å². The van der Waals surface area contributed by atoms with E-state index in [0.29, 0.717) is 12.0 Å². The van der Waals surface area contributed by atoms with E-state index in [4.69, 9.17) is 4.74 Å². The van der Waals surface area contributed by atoms with Crippen LogP contribution in [-0.2, 0) is 9.53 Å². The molecule has 1 spiro atoms. The smallest absolute Gasteiger partial charge is 0.254 e. The fourth-order valence-corrected chi connectivity index (χ4v) is 4.88. The van der Waals surface area contributed by atoms with E-state index in [0.717, 1.165) is 70.7 Å². The van der Waals surface area contributed by atoms with Crippen molar-refractivity contribution >= 4 is 17.6 Å². The predicted molar refractivity (Wildman–Crippen MR) is 111 cm³/mol. The van der Waals surface area contributed by atoms with E-state index in [9.17, 15) is 9.59 Å². The molecule has 0 saturated carbocycles. The number of rotatable bonds is 4. The topological polar surface area (TPSA) is 66.0 Å². The zero-order chi connectivity index (χ0) is 20.4. The number of amides is 2. The molecule has 1 aromatic rings. The number of carbonyl (C=O) groups excluding carboxylic acids is 2. The van der Waals surface area contributed by atoms with Gasteiger partial charge in [-0.2, -0.15) is 0 Å². The Labute approximate surface area is 173 Å². The van der Waals surface area contributed by atoms with Gasteiger partial charge in [-0.15, -0.1) is 0 Å². The number of likely N-dealkylation sites (tertiary alicyclic amines) is 1. The largest absolute Gasteiger partial charge is 0.376 e. The third-order valence-electron chi connectivity index (χ3n) is 6.75. The van der Waals surface area contributed by atoms with Crippen LogP contribution in [-0.4, -0.2) is 79.6 Å². The summed E-state index contributed by atoms with van der Waals surface area (Å²) in [6.45, 7) is 4.33. The number of anilines is 1. The average Bonchev–Trinajstić information content (AvgIpc) is 3.24. The Hall–Kier alpha value is -2.15. The zero-order valence-corrected chi connectivity index (χ0v) is 17.6. The highest BCUT2D eigenvalue weighted by Crippen LogP contribution is 2.41. The van der Waals surface area contributed by atoms with Crippen LogP contribution in [0.4, 0.5) is 5.82 Å². The van der Waals surface area contributed by atoms with Gasteiger partial charge >= 0.3 is 0 Å². The van der Waals surface area contributed by atoms with Gasteiger partial charge in [-0.3, -0.25) is 9.59 Å². The summed E-state index contributed by atoms with van der Waals surface area (Å²) in [5.41, 5.74) is 0.840. The van der Waals surface area contributed by atoms with E-state index in [2.05, 4.69) is 14.8 Å². The number of piperidine rings is 2. The number of ether oxygens (including phenoxy) is 1. The van der Waals surface area contributed by atoms with Gasteiger partial charge in [0.05, 0.1) is 11.7 Å². The molecule has 158 valence electrons. The Balaban J connectivity index is 1.35. The number of hydrogen-bond donors (Lipinski definition) is 0. The summed E-state index contributed by atoms with van der Waals surface area (Å²) in [6, 6.07) is 3.81. The standard InChI is InChI=1S/C22H32N4O3/c1-24(2)21(28)17-5-6-19(23-14-17)25-11-9-22(10-12-25)8-7-20(27)26(16-22)15-18-4-3-13-29-18/h5-6,14,18H,3-4,7-13,15-16H2,1-2H3/t18-/m0/s1. The van der Waals surface area contributed by atoms with Crippen molar-refractivity contribution in [1.29, 1.82) is 0 Å². The molecule has 2 amide bonds. The van der Waals surface area contributed by atoms with Crippen LogP contribution in [0.2, 0.25) is 0 Å². The highest BCUT2D eigenvalue weighted by molar-refractivity contribution is 5.93. The maximum atomic E-state index is 12.4. The molecule has 4 rings (SSSR count). The third-order valence-corrected chi connectivity index (χ3v) is 6.75. The van der Waals surface area contributed by atoms with Gasteiger partial charge in [-0.1, -0.05) is 0 Å². The maximum Gasteiger partial charge on any atom is 0.254 e. The molecule has 4 heterocycles. The van der Waals surface area contributed by atoms with Crippen molar-refractivity contribution in [2.45, 2.75) is 44.6 Å². The molecule has 7 heteroatoms. The van der Waals surface area contributed by atoms with Gasteiger partial charge in [0.2, 0.25) is 5.91 Å². The lowest BCUT2D eigenvalue weighted by atomic mass is 9.72. The fourth-order valence-electron chi connectivity index (χ4n) is 4.88. The first-order valence-corrected chi connectivity index (χ1v) is 10.8. The van der Waals surface area contributed by atoms with Crippen LogP contribution in [0.1, 0.15) is 48.9 Å². The number of aromatic nitrogens is 1. The molecule has 3 aliphatic rings. The molecule has 0 radical (unpaired) electrons. The molecular formula is C22H32N4O3. The van der Waals surface area contributed by atoms with E-state index >= 15 is 0 Å². The Bertz CT molecular complexity index is 735. The van der Waals surface area contributed by atoms with Gasteiger partial charge in [0, 0.05) is 59.5 Å². The Kier molecular flexibility index (Phi) is 5.76. The molecule has 0 aliphatic carbocycles. The number of carbonyl (C=O) groups is 2. The summed E-state index contributed by atoms with van der Waals surface area (Å²) in [4.78, 5) is 35.0. The minimum absolute atomic E-state index is 0.0279. The summed E-state index contributed by atoms with van der Waals surface area (Å²) in [5.74, 6) is 1.19. The Morgan fingerprint density at radius 3 is 2.69 bits per heavy atom. The molecule has 0 bridgehead atoms. The first kappa shape index (κ1) is 20.1. The lowest BCUT2D eigenvalue weighted by Gasteiger charge is -2.48. The van der Waals surface area contributed by atoms with Crippen molar-refractivity contribution in [1.82, 2.24) is 14.8 Å². The Morgan fingerprint density at radius 1 is 1.28 bits per heavy atom.